The number of ether oxygens (including phenoxy) is 1. The third kappa shape index (κ3) is 3.70. The smallest absolute Gasteiger partial charge is 0.332 e. The van der Waals surface area contributed by atoms with Gasteiger partial charge in [0, 0.05) is 13.1 Å². The van der Waals surface area contributed by atoms with Crippen molar-refractivity contribution in [1.82, 2.24) is 4.90 Å². The molecule has 1 fully saturated rings. The van der Waals surface area contributed by atoms with Crippen LogP contribution in [0.5, 0.6) is 0 Å². The third-order valence-electron chi connectivity index (χ3n) is 2.87. The summed E-state index contributed by atoms with van der Waals surface area (Å²) in [5.74, 6) is -1.03. The van der Waals surface area contributed by atoms with Crippen molar-refractivity contribution in [2.75, 3.05) is 13.1 Å². The van der Waals surface area contributed by atoms with Gasteiger partial charge >= 0.3 is 5.97 Å². The molecule has 1 aliphatic rings. The summed E-state index contributed by atoms with van der Waals surface area (Å²) < 4.78 is 5.27. The zero-order valence-electron chi connectivity index (χ0n) is 10.5. The minimum absolute atomic E-state index is 0.0579. The minimum Gasteiger partial charge on any atom is -0.479 e. The first-order chi connectivity index (χ1) is 8.10. The van der Waals surface area contributed by atoms with E-state index in [0.717, 1.165) is 12.8 Å². The van der Waals surface area contributed by atoms with Crippen LogP contribution in [0, 0.1) is 0 Å². The molecule has 1 N–H and O–H groups in total. The lowest BCUT2D eigenvalue weighted by Gasteiger charge is -2.24. The molecule has 1 rings (SSSR count). The lowest BCUT2D eigenvalue weighted by molar-refractivity contribution is -0.154. The van der Waals surface area contributed by atoms with Crippen LogP contribution in [0.15, 0.2) is 0 Å². The monoisotopic (exact) mass is 243 g/mol. The highest BCUT2D eigenvalue weighted by molar-refractivity contribution is 5.82. The first-order valence-corrected chi connectivity index (χ1v) is 6.27. The maximum atomic E-state index is 12.1. The summed E-state index contributed by atoms with van der Waals surface area (Å²) >= 11 is 0. The number of hydrogen-bond donors (Lipinski definition) is 1. The van der Waals surface area contributed by atoms with Gasteiger partial charge in [-0.1, -0.05) is 13.8 Å². The number of carbonyl (C=O) groups excluding carboxylic acids is 1. The fourth-order valence-electron chi connectivity index (χ4n) is 2.08. The van der Waals surface area contributed by atoms with Gasteiger partial charge in [-0.25, -0.2) is 4.79 Å². The molecule has 1 amide bonds. The largest absolute Gasteiger partial charge is 0.479 e. The SMILES string of the molecule is CCCN(CCC)C(=O)[C@@H]1CC[C@H](C(=O)O)O1. The molecule has 0 aliphatic carbocycles. The van der Waals surface area contributed by atoms with Crippen molar-refractivity contribution in [2.45, 2.75) is 51.7 Å². The molecule has 2 atom stereocenters. The predicted molar refractivity (Wildman–Crippen MR) is 62.7 cm³/mol. The van der Waals surface area contributed by atoms with Crippen LogP contribution in [0.1, 0.15) is 39.5 Å². The number of amides is 1. The standard InChI is InChI=1S/C12H21NO4/c1-3-7-13(8-4-2)11(14)9-5-6-10(17-9)12(15)16/h9-10H,3-8H2,1-2H3,(H,15,16)/t9-,10+/m0/s1. The van der Waals surface area contributed by atoms with Gasteiger partial charge in [-0.05, 0) is 25.7 Å². The lowest BCUT2D eigenvalue weighted by atomic mass is 10.1. The second-order valence-corrected chi connectivity index (χ2v) is 4.35. The van der Waals surface area contributed by atoms with Crippen molar-refractivity contribution in [3.8, 4) is 0 Å². The molecule has 0 aromatic carbocycles. The van der Waals surface area contributed by atoms with Gasteiger partial charge in [0.05, 0.1) is 0 Å². The van der Waals surface area contributed by atoms with Crippen molar-refractivity contribution in [3.63, 3.8) is 0 Å². The molecule has 5 nitrogen and oxygen atoms in total. The van der Waals surface area contributed by atoms with Gasteiger partial charge in [-0.2, -0.15) is 0 Å². The quantitative estimate of drug-likeness (QED) is 0.762. The van der Waals surface area contributed by atoms with E-state index in [2.05, 4.69) is 0 Å². The average Bonchev–Trinajstić information content (AvgIpc) is 2.77. The maximum absolute atomic E-state index is 12.1. The predicted octanol–water partition coefficient (Wildman–Crippen LogP) is 1.27. The minimum atomic E-state index is -0.974. The van der Waals surface area contributed by atoms with Gasteiger partial charge in [0.25, 0.3) is 5.91 Å². The second kappa shape index (κ2) is 6.59. The first kappa shape index (κ1) is 14.0. The summed E-state index contributed by atoms with van der Waals surface area (Å²) in [5.41, 5.74) is 0. The zero-order chi connectivity index (χ0) is 12.8. The highest BCUT2D eigenvalue weighted by atomic mass is 16.5. The molecule has 1 aliphatic heterocycles. The molecule has 0 radical (unpaired) electrons. The summed E-state index contributed by atoms with van der Waals surface area (Å²) in [7, 11) is 0. The Morgan fingerprint density at radius 3 is 2.12 bits per heavy atom. The van der Waals surface area contributed by atoms with Gasteiger partial charge in [0.2, 0.25) is 0 Å². The molecular weight excluding hydrogens is 222 g/mol. The van der Waals surface area contributed by atoms with Gasteiger partial charge in [-0.15, -0.1) is 0 Å². The number of hydrogen-bond acceptors (Lipinski definition) is 3. The topological polar surface area (TPSA) is 66.8 Å². The molecule has 5 heteroatoms. The second-order valence-electron chi connectivity index (χ2n) is 4.35. The van der Waals surface area contributed by atoms with E-state index in [4.69, 9.17) is 9.84 Å². The Hall–Kier alpha value is -1.10. The van der Waals surface area contributed by atoms with E-state index >= 15 is 0 Å². The number of carboxylic acids is 1. The highest BCUT2D eigenvalue weighted by Gasteiger charge is 2.36. The summed E-state index contributed by atoms with van der Waals surface area (Å²) in [5, 5.41) is 8.81. The van der Waals surface area contributed by atoms with E-state index in [1.54, 1.807) is 4.90 Å². The number of carboxylic acid groups (broad SMARTS) is 1. The molecule has 17 heavy (non-hydrogen) atoms. The molecule has 98 valence electrons. The van der Waals surface area contributed by atoms with Crippen molar-refractivity contribution in [2.24, 2.45) is 0 Å². The molecule has 0 spiro atoms. The van der Waals surface area contributed by atoms with E-state index in [0.29, 0.717) is 25.9 Å². The molecule has 0 aromatic rings. The summed E-state index contributed by atoms with van der Waals surface area (Å²) in [4.78, 5) is 24.6. The molecule has 1 saturated heterocycles. The fraction of sp³-hybridized carbons (Fsp3) is 0.833. The number of carbonyl (C=O) groups is 2. The van der Waals surface area contributed by atoms with E-state index in [1.807, 2.05) is 13.8 Å². The van der Waals surface area contributed by atoms with E-state index in [1.165, 1.54) is 0 Å². The first-order valence-electron chi connectivity index (χ1n) is 6.27. The van der Waals surface area contributed by atoms with Gasteiger partial charge < -0.3 is 14.7 Å². The maximum Gasteiger partial charge on any atom is 0.332 e. The Bertz CT molecular complexity index is 274. The van der Waals surface area contributed by atoms with Crippen LogP contribution >= 0.6 is 0 Å². The van der Waals surface area contributed by atoms with Gasteiger partial charge in [0.15, 0.2) is 6.10 Å². The molecule has 1 heterocycles. The van der Waals surface area contributed by atoms with Crippen LogP contribution in [0.4, 0.5) is 0 Å². The molecule has 0 unspecified atom stereocenters. The Morgan fingerprint density at radius 2 is 1.71 bits per heavy atom. The van der Waals surface area contributed by atoms with Gasteiger partial charge in [-0.3, -0.25) is 4.79 Å². The van der Waals surface area contributed by atoms with Crippen LogP contribution in [0.3, 0.4) is 0 Å². The Morgan fingerprint density at radius 1 is 1.18 bits per heavy atom. The summed E-state index contributed by atoms with van der Waals surface area (Å²) in [6, 6.07) is 0. The van der Waals surface area contributed by atoms with Crippen molar-refractivity contribution < 1.29 is 19.4 Å². The van der Waals surface area contributed by atoms with Gasteiger partial charge in [0.1, 0.15) is 6.10 Å². The van der Waals surface area contributed by atoms with Crippen molar-refractivity contribution >= 4 is 11.9 Å². The Labute approximate surface area is 102 Å². The highest BCUT2D eigenvalue weighted by Crippen LogP contribution is 2.21. The van der Waals surface area contributed by atoms with Crippen LogP contribution in [-0.4, -0.2) is 47.2 Å². The van der Waals surface area contributed by atoms with E-state index < -0.39 is 18.2 Å². The lowest BCUT2D eigenvalue weighted by Crippen LogP contribution is -2.40. The fourth-order valence-corrected chi connectivity index (χ4v) is 2.08. The van der Waals surface area contributed by atoms with Crippen LogP contribution in [-0.2, 0) is 14.3 Å². The third-order valence-corrected chi connectivity index (χ3v) is 2.87. The molecule has 0 saturated carbocycles. The number of aliphatic carboxylic acids is 1. The van der Waals surface area contributed by atoms with E-state index in [9.17, 15) is 9.59 Å². The zero-order valence-corrected chi connectivity index (χ0v) is 10.5. The van der Waals surface area contributed by atoms with Crippen LogP contribution in [0.25, 0.3) is 0 Å². The Balaban J connectivity index is 2.54. The van der Waals surface area contributed by atoms with Crippen LogP contribution in [0.2, 0.25) is 0 Å². The Kier molecular flexibility index (Phi) is 5.41. The number of rotatable bonds is 6. The summed E-state index contributed by atoms with van der Waals surface area (Å²) in [6.45, 7) is 5.46. The molecule has 0 bridgehead atoms. The molecule has 0 aromatic heterocycles. The van der Waals surface area contributed by atoms with Crippen molar-refractivity contribution in [3.05, 3.63) is 0 Å². The normalized spacial score (nSPS) is 23.6. The molecular formula is C12H21NO4. The van der Waals surface area contributed by atoms with Crippen molar-refractivity contribution in [1.29, 1.82) is 0 Å². The summed E-state index contributed by atoms with van der Waals surface area (Å²) in [6.07, 6.45) is 1.38. The average molecular weight is 243 g/mol. The van der Waals surface area contributed by atoms with Crippen LogP contribution < -0.4 is 0 Å². The van der Waals surface area contributed by atoms with E-state index in [-0.39, 0.29) is 5.91 Å². The number of nitrogens with zero attached hydrogens (tertiary/aromatic N) is 1.